The Morgan fingerprint density at radius 1 is 1.55 bits per heavy atom. The maximum atomic E-state index is 11.7. The molecule has 0 spiro atoms. The Morgan fingerprint density at radius 3 is 2.75 bits per heavy atom. The molecule has 1 rings (SSSR count). The van der Waals surface area contributed by atoms with Gasteiger partial charge in [-0.3, -0.25) is 14.9 Å². The number of nitriles is 1. The van der Waals surface area contributed by atoms with Gasteiger partial charge in [-0.25, -0.2) is 0 Å². The second kappa shape index (κ2) is 6.98. The molecule has 0 aliphatic rings. The van der Waals surface area contributed by atoms with Crippen LogP contribution in [-0.4, -0.2) is 34.5 Å². The molecule has 0 unspecified atom stereocenters. The van der Waals surface area contributed by atoms with Gasteiger partial charge in [0.15, 0.2) is 0 Å². The third-order valence-electron chi connectivity index (χ3n) is 2.60. The molecule has 1 atom stereocenters. The lowest BCUT2D eigenvalue weighted by molar-refractivity contribution is -0.137. The molecule has 0 bridgehead atoms. The van der Waals surface area contributed by atoms with Crippen molar-refractivity contribution in [1.82, 2.24) is 0 Å². The zero-order valence-corrected chi connectivity index (χ0v) is 11.9. The van der Waals surface area contributed by atoms with E-state index in [1.54, 1.807) is 13.8 Å². The van der Waals surface area contributed by atoms with E-state index in [1.807, 2.05) is 6.07 Å². The number of hydrogen-bond acceptors (Lipinski definition) is 6. The Kier molecular flexibility index (Phi) is 5.61. The van der Waals surface area contributed by atoms with Gasteiger partial charge in [0.25, 0.3) is 0 Å². The van der Waals surface area contributed by atoms with E-state index in [-0.39, 0.29) is 23.3 Å². The SMILES string of the molecule is Cc1oc(NC(=O)CSC[C@H](N)C(=O)O)c(C#N)c1C. The van der Waals surface area contributed by atoms with Gasteiger partial charge in [-0.1, -0.05) is 0 Å². The minimum Gasteiger partial charge on any atom is -0.480 e. The third kappa shape index (κ3) is 4.01. The van der Waals surface area contributed by atoms with Crippen molar-refractivity contribution in [3.63, 3.8) is 0 Å². The standard InChI is InChI=1S/C12H15N3O4S/c1-6-7(2)19-11(8(6)3-13)15-10(16)5-20-4-9(14)12(17)18/h9H,4-5,14H2,1-2H3,(H,15,16)(H,17,18)/t9-/m0/s1. The van der Waals surface area contributed by atoms with Crippen LogP contribution in [0.5, 0.6) is 0 Å². The van der Waals surface area contributed by atoms with Gasteiger partial charge in [-0.05, 0) is 13.8 Å². The fourth-order valence-electron chi connectivity index (χ4n) is 1.36. The van der Waals surface area contributed by atoms with Crippen molar-refractivity contribution in [2.24, 2.45) is 5.73 Å². The summed E-state index contributed by atoms with van der Waals surface area (Å²) in [6, 6.07) is 0.962. The number of nitrogens with one attached hydrogen (secondary N) is 1. The Hall–Kier alpha value is -1.98. The number of aliphatic carboxylic acids is 1. The van der Waals surface area contributed by atoms with E-state index < -0.39 is 12.0 Å². The van der Waals surface area contributed by atoms with Gasteiger partial charge in [0, 0.05) is 11.3 Å². The number of rotatable bonds is 6. The molecule has 1 aromatic rings. The molecule has 7 nitrogen and oxygen atoms in total. The molecule has 0 fully saturated rings. The summed E-state index contributed by atoms with van der Waals surface area (Å²) in [6.45, 7) is 3.43. The van der Waals surface area contributed by atoms with E-state index in [9.17, 15) is 9.59 Å². The lowest BCUT2D eigenvalue weighted by Gasteiger charge is -2.05. The minimum absolute atomic E-state index is 0.0324. The number of thioether (sulfide) groups is 1. The molecular formula is C12H15N3O4S. The number of nitrogens with two attached hydrogens (primary N) is 1. The van der Waals surface area contributed by atoms with Crippen LogP contribution in [0.25, 0.3) is 0 Å². The average molecular weight is 297 g/mol. The quantitative estimate of drug-likeness (QED) is 0.709. The fraction of sp³-hybridized carbons (Fsp3) is 0.417. The average Bonchev–Trinajstić information content (AvgIpc) is 2.64. The summed E-state index contributed by atoms with van der Waals surface area (Å²) in [5.41, 5.74) is 6.29. The normalized spacial score (nSPS) is 11.7. The molecule has 8 heteroatoms. The first-order valence-corrected chi connectivity index (χ1v) is 6.88. The highest BCUT2D eigenvalue weighted by Gasteiger charge is 2.17. The first-order chi connectivity index (χ1) is 9.36. The van der Waals surface area contributed by atoms with Crippen molar-refractivity contribution >= 4 is 29.5 Å². The summed E-state index contributed by atoms with van der Waals surface area (Å²) in [4.78, 5) is 22.2. The van der Waals surface area contributed by atoms with E-state index in [1.165, 1.54) is 0 Å². The van der Waals surface area contributed by atoms with E-state index in [4.69, 9.17) is 20.5 Å². The van der Waals surface area contributed by atoms with Gasteiger partial charge in [0.1, 0.15) is 23.4 Å². The lowest BCUT2D eigenvalue weighted by atomic mass is 10.2. The zero-order valence-electron chi connectivity index (χ0n) is 11.1. The van der Waals surface area contributed by atoms with Crippen LogP contribution in [0.1, 0.15) is 16.9 Å². The van der Waals surface area contributed by atoms with Crippen LogP contribution >= 0.6 is 11.8 Å². The van der Waals surface area contributed by atoms with Crippen molar-refractivity contribution in [1.29, 1.82) is 5.26 Å². The van der Waals surface area contributed by atoms with Crippen molar-refractivity contribution in [2.75, 3.05) is 16.8 Å². The Balaban J connectivity index is 2.54. The molecule has 1 aromatic heterocycles. The maximum absolute atomic E-state index is 11.7. The van der Waals surface area contributed by atoms with Crippen LogP contribution < -0.4 is 11.1 Å². The van der Waals surface area contributed by atoms with Gasteiger partial charge in [-0.2, -0.15) is 5.26 Å². The highest BCUT2D eigenvalue weighted by Crippen LogP contribution is 2.25. The number of nitrogens with zero attached hydrogens (tertiary/aromatic N) is 1. The summed E-state index contributed by atoms with van der Waals surface area (Å²) < 4.78 is 5.29. The van der Waals surface area contributed by atoms with E-state index in [0.717, 1.165) is 11.8 Å². The topological polar surface area (TPSA) is 129 Å². The van der Waals surface area contributed by atoms with Gasteiger partial charge in [0.05, 0.1) is 5.75 Å². The maximum Gasteiger partial charge on any atom is 0.321 e. The smallest absolute Gasteiger partial charge is 0.321 e. The summed E-state index contributed by atoms with van der Waals surface area (Å²) in [5, 5.41) is 20.1. The lowest BCUT2D eigenvalue weighted by Crippen LogP contribution is -2.33. The first kappa shape index (κ1) is 16.1. The molecular weight excluding hydrogens is 282 g/mol. The van der Waals surface area contributed by atoms with Crippen LogP contribution in [0, 0.1) is 25.2 Å². The molecule has 1 amide bonds. The summed E-state index contributed by atoms with van der Waals surface area (Å²) >= 11 is 1.10. The Bertz CT molecular complexity index is 562. The molecule has 0 saturated heterocycles. The minimum atomic E-state index is -1.11. The summed E-state index contributed by atoms with van der Waals surface area (Å²) in [7, 11) is 0. The van der Waals surface area contributed by atoms with Crippen LogP contribution in [0.15, 0.2) is 4.42 Å². The molecule has 20 heavy (non-hydrogen) atoms. The molecule has 4 N–H and O–H groups in total. The predicted octanol–water partition coefficient (Wildman–Crippen LogP) is 0.852. The molecule has 0 aliphatic carbocycles. The van der Waals surface area contributed by atoms with Crippen LogP contribution in [0.4, 0.5) is 5.88 Å². The Labute approximate surface area is 120 Å². The molecule has 0 radical (unpaired) electrons. The van der Waals surface area contributed by atoms with E-state index in [2.05, 4.69) is 5.32 Å². The largest absolute Gasteiger partial charge is 0.480 e. The zero-order chi connectivity index (χ0) is 15.3. The van der Waals surface area contributed by atoms with Crippen LogP contribution in [0.3, 0.4) is 0 Å². The van der Waals surface area contributed by atoms with E-state index in [0.29, 0.717) is 16.9 Å². The van der Waals surface area contributed by atoms with Gasteiger partial charge in [0.2, 0.25) is 11.8 Å². The number of aryl methyl sites for hydroxylation is 1. The second-order valence-electron chi connectivity index (χ2n) is 4.11. The third-order valence-corrected chi connectivity index (χ3v) is 3.66. The molecule has 1 heterocycles. The van der Waals surface area contributed by atoms with Crippen molar-refractivity contribution in [2.45, 2.75) is 19.9 Å². The highest BCUT2D eigenvalue weighted by atomic mass is 32.2. The molecule has 0 aliphatic heterocycles. The molecule has 108 valence electrons. The first-order valence-electron chi connectivity index (χ1n) is 5.72. The number of furan rings is 1. The highest BCUT2D eigenvalue weighted by molar-refractivity contribution is 8.00. The summed E-state index contributed by atoms with van der Waals surface area (Å²) in [6.07, 6.45) is 0. The Morgan fingerprint density at radius 2 is 2.20 bits per heavy atom. The number of amides is 1. The number of carbonyl (C=O) groups excluding carboxylic acids is 1. The molecule has 0 aromatic carbocycles. The predicted molar refractivity (Wildman–Crippen MR) is 74.5 cm³/mol. The number of carbonyl (C=O) groups is 2. The van der Waals surface area contributed by atoms with Gasteiger partial charge < -0.3 is 15.3 Å². The van der Waals surface area contributed by atoms with Gasteiger partial charge >= 0.3 is 5.97 Å². The van der Waals surface area contributed by atoms with Crippen molar-refractivity contribution in [3.8, 4) is 6.07 Å². The van der Waals surface area contributed by atoms with Crippen molar-refractivity contribution in [3.05, 3.63) is 16.9 Å². The van der Waals surface area contributed by atoms with Gasteiger partial charge in [-0.15, -0.1) is 11.8 Å². The second-order valence-corrected chi connectivity index (χ2v) is 5.14. The number of carboxylic acids is 1. The van der Waals surface area contributed by atoms with Crippen molar-refractivity contribution < 1.29 is 19.1 Å². The summed E-state index contributed by atoms with van der Waals surface area (Å²) in [5.74, 6) is -0.637. The molecule has 0 saturated carbocycles. The number of hydrogen-bond donors (Lipinski definition) is 3. The number of anilines is 1. The number of carboxylic acid groups (broad SMARTS) is 1. The van der Waals surface area contributed by atoms with E-state index >= 15 is 0 Å². The van der Waals surface area contributed by atoms with Crippen LogP contribution in [0.2, 0.25) is 0 Å². The fourth-order valence-corrected chi connectivity index (χ4v) is 2.13. The monoisotopic (exact) mass is 297 g/mol. The van der Waals surface area contributed by atoms with Crippen LogP contribution in [-0.2, 0) is 9.59 Å².